The van der Waals surface area contributed by atoms with Gasteiger partial charge in [-0.25, -0.2) is 19.2 Å². The summed E-state index contributed by atoms with van der Waals surface area (Å²) in [5.41, 5.74) is 6.00. The monoisotopic (exact) mass is 1480 g/mol. The van der Waals surface area contributed by atoms with Crippen LogP contribution in [-0.4, -0.2) is 232 Å². The standard InChI is InChI=1S/C65H79N9O27S2/c66-45-12-10-42-56(43-11-13-46(67)60(103(96,97)98)58(43)101-57(42)59(45)102(93,94)95)41-9-8-38(31-44(41)62(86)87)61(85)70-22-26-100-28-27-99-25-21-69-52(78)18-7-37-5-16-50(76)40(30-37)33-74(35-55(83)84)24-23-73(34-54(81)82)32-39-29-36(4-15-49(39)75)6-17-51(77)68-20-2-1-3-47(63(88)89)71-65(92)72-48(64(90)91)14-19-53(79)80/h4-5,8-13,15-16,29-31,42,45,47-48,67,75-76H,1-3,6-7,14,17-28,32-35,66H2,(H,68,77)(H,69,78)(H,70,85)(H,79,80)(H,81,82)(H,83,84)(H,86,87)(H,88,89)(H,90,91)(H2,71,72,92)(H,93,94,95)(H,96,97,98)/t42?,45?,47-,48-/m0/s1. The number of amides is 5. The van der Waals surface area contributed by atoms with Crippen molar-refractivity contribution in [3.8, 4) is 11.5 Å². The highest BCUT2D eigenvalue weighted by atomic mass is 32.2. The fourth-order valence-corrected chi connectivity index (χ4v) is 12.6. The summed E-state index contributed by atoms with van der Waals surface area (Å²) in [6, 6.07) is 7.02. The third-order valence-electron chi connectivity index (χ3n) is 16.0. The van der Waals surface area contributed by atoms with Crippen molar-refractivity contribution in [2.45, 2.75) is 89.0 Å². The minimum atomic E-state index is -5.24. The van der Waals surface area contributed by atoms with Crippen LogP contribution >= 0.6 is 0 Å². The molecule has 36 nitrogen and oxygen atoms in total. The molecule has 2 unspecified atom stereocenters. The highest BCUT2D eigenvalue weighted by Crippen LogP contribution is 2.49. The number of aliphatic carboxylic acids is 5. The molecule has 3 aromatic rings. The van der Waals surface area contributed by atoms with Crippen molar-refractivity contribution in [1.29, 1.82) is 5.41 Å². The summed E-state index contributed by atoms with van der Waals surface area (Å²) in [4.78, 5) is 123. The summed E-state index contributed by atoms with van der Waals surface area (Å²) in [6.07, 6.45) is 4.56. The third-order valence-corrected chi connectivity index (χ3v) is 17.9. The van der Waals surface area contributed by atoms with E-state index in [9.17, 15) is 110 Å². The molecule has 1 aliphatic heterocycles. The van der Waals surface area contributed by atoms with Crippen molar-refractivity contribution in [3.05, 3.63) is 145 Å². The van der Waals surface area contributed by atoms with E-state index in [0.717, 1.165) is 12.1 Å². The number of aromatic hydroxyl groups is 2. The Morgan fingerprint density at radius 2 is 1.15 bits per heavy atom. The van der Waals surface area contributed by atoms with Crippen LogP contribution < -0.4 is 32.3 Å². The van der Waals surface area contributed by atoms with Crippen molar-refractivity contribution in [1.82, 2.24) is 36.4 Å². The van der Waals surface area contributed by atoms with Gasteiger partial charge >= 0.3 is 41.8 Å². The minimum Gasteiger partial charge on any atom is -0.508 e. The Kier molecular flexibility index (Phi) is 30.1. The number of nitrogens with zero attached hydrogens (tertiary/aromatic N) is 2. The first-order chi connectivity index (χ1) is 48.6. The lowest BCUT2D eigenvalue weighted by molar-refractivity contribution is -0.141. The van der Waals surface area contributed by atoms with E-state index in [1.165, 1.54) is 52.3 Å². The first-order valence-electron chi connectivity index (χ1n) is 31.8. The Morgan fingerprint density at radius 3 is 1.65 bits per heavy atom. The number of aromatic carboxylic acids is 1. The van der Waals surface area contributed by atoms with E-state index in [-0.39, 0.29) is 156 Å². The van der Waals surface area contributed by atoms with Crippen molar-refractivity contribution in [3.63, 3.8) is 0 Å². The number of aryl methyl sites for hydroxylation is 2. The van der Waals surface area contributed by atoms with E-state index >= 15 is 0 Å². The number of rotatable bonds is 43. The van der Waals surface area contributed by atoms with Gasteiger partial charge in [0.2, 0.25) is 11.8 Å². The predicted molar refractivity (Wildman–Crippen MR) is 360 cm³/mol. The van der Waals surface area contributed by atoms with Crippen molar-refractivity contribution in [2.24, 2.45) is 11.7 Å². The van der Waals surface area contributed by atoms with Gasteiger partial charge in [-0.2, -0.15) is 16.8 Å². The second-order valence-corrected chi connectivity index (χ2v) is 26.4. The first-order valence-corrected chi connectivity index (χ1v) is 34.6. The summed E-state index contributed by atoms with van der Waals surface area (Å²) >= 11 is 0. The molecule has 0 fully saturated rings. The number of allylic oxidation sites excluding steroid dienone is 4. The first kappa shape index (κ1) is 81.5. The number of fused-ring (bicyclic) bond motifs is 2. The summed E-state index contributed by atoms with van der Waals surface area (Å²) in [6.45, 7) is -0.864. The maximum Gasteiger partial charge on any atom is 0.336 e. The zero-order valence-corrected chi connectivity index (χ0v) is 56.7. The summed E-state index contributed by atoms with van der Waals surface area (Å²) in [5.74, 6) is -12.7. The van der Waals surface area contributed by atoms with Crippen molar-refractivity contribution < 1.29 is 129 Å². The van der Waals surface area contributed by atoms with E-state index in [1.807, 2.05) is 5.32 Å². The average molecular weight is 1480 g/mol. The Balaban J connectivity index is 0.908. The number of carbonyl (C=O) groups is 10. The quantitative estimate of drug-likeness (QED) is 0.0215. The average Bonchev–Trinajstić information content (AvgIpc) is 0.722. The molecule has 38 heteroatoms. The molecule has 3 aliphatic rings. The van der Waals surface area contributed by atoms with Crippen LogP contribution in [-0.2, 0) is 93.9 Å². The molecule has 4 atom stereocenters. The third kappa shape index (κ3) is 24.9. The number of carboxylic acid groups (broad SMARTS) is 6. The number of nitrogens with one attached hydrogen (secondary N) is 6. The van der Waals surface area contributed by atoms with Gasteiger partial charge in [0.15, 0.2) is 10.7 Å². The molecule has 0 saturated carbocycles. The summed E-state index contributed by atoms with van der Waals surface area (Å²) in [5, 5.41) is 99.7. The topological polar surface area (TPSA) is 585 Å². The minimum absolute atomic E-state index is 0.0140. The number of nitrogens with two attached hydrogens (primary N) is 1. The van der Waals surface area contributed by atoms with Crippen LogP contribution in [0.2, 0.25) is 0 Å². The number of urea groups is 1. The van der Waals surface area contributed by atoms with Gasteiger partial charge in [-0.05, 0) is 97.2 Å². The molecule has 1 heterocycles. The van der Waals surface area contributed by atoms with E-state index in [0.29, 0.717) is 28.7 Å². The highest BCUT2D eigenvalue weighted by molar-refractivity contribution is 7.91. The van der Waals surface area contributed by atoms with E-state index in [4.69, 9.17) is 30.5 Å². The second-order valence-electron chi connectivity index (χ2n) is 23.6. The Labute approximate surface area is 588 Å². The van der Waals surface area contributed by atoms with Gasteiger partial charge in [-0.3, -0.25) is 53.1 Å². The van der Waals surface area contributed by atoms with Crippen LogP contribution in [0.25, 0.3) is 5.57 Å². The molecule has 0 spiro atoms. The summed E-state index contributed by atoms with van der Waals surface area (Å²) < 4.78 is 87.3. The zero-order chi connectivity index (χ0) is 75.9. The van der Waals surface area contributed by atoms with Gasteiger partial charge in [-0.1, -0.05) is 42.5 Å². The van der Waals surface area contributed by atoms with Crippen LogP contribution in [0, 0.1) is 11.3 Å². The van der Waals surface area contributed by atoms with Crippen LogP contribution in [0.5, 0.6) is 11.5 Å². The SMILES string of the molecule is N=C1C=CC2=C(c3ccc(C(=O)NCCOCCOCCNC(=O)CCc4ccc(O)c(CN(CCN(CC(=O)O)Cc5cc(CCC(=O)NCCCC[C@H](NC(=O)N[C@@H](CCC(=O)O)C(=O)O)C(=O)O)ccc5O)CC(=O)O)c4)cc3C(=O)O)C3C=CC(N)C(S(=O)(=O)O)=C3OC2=C1S(=O)(=O)O. The van der Waals surface area contributed by atoms with Gasteiger partial charge in [0.1, 0.15) is 34.2 Å². The number of hydrogen-bond donors (Lipinski definition) is 17. The zero-order valence-electron chi connectivity index (χ0n) is 55.1. The lowest BCUT2D eigenvalue weighted by atomic mass is 9.78. The van der Waals surface area contributed by atoms with Gasteiger partial charge in [0.25, 0.3) is 26.1 Å². The number of ether oxygens (including phenoxy) is 3. The number of benzene rings is 3. The number of carboxylic acids is 6. The number of phenols is 2. The lowest BCUT2D eigenvalue weighted by Gasteiger charge is -2.36. The van der Waals surface area contributed by atoms with Crippen molar-refractivity contribution >= 4 is 91.1 Å². The number of phenolic OH excluding ortho intramolecular Hbond substituents is 2. The molecular weight excluding hydrogens is 1400 g/mol. The number of carbonyl (C=O) groups excluding carboxylic acids is 4. The molecule has 0 radical (unpaired) electrons. The second kappa shape index (κ2) is 38.0. The predicted octanol–water partition coefficient (Wildman–Crippen LogP) is 1.16. The Bertz CT molecular complexity index is 4150. The molecule has 558 valence electrons. The molecule has 0 bridgehead atoms. The Morgan fingerprint density at radius 1 is 0.612 bits per heavy atom. The lowest BCUT2D eigenvalue weighted by Crippen LogP contribution is -2.51. The normalized spacial score (nSPS) is 15.6. The maximum atomic E-state index is 13.3. The van der Waals surface area contributed by atoms with Crippen LogP contribution in [0.3, 0.4) is 0 Å². The Hall–Kier alpha value is -10.5. The molecular formula is C65H79N9O27S2. The molecule has 18 N–H and O–H groups in total. The number of unbranched alkanes of at least 4 members (excludes halogenated alkanes) is 1. The van der Waals surface area contributed by atoms with Crippen molar-refractivity contribution in [2.75, 3.05) is 72.2 Å². The van der Waals surface area contributed by atoms with Gasteiger partial charge in [0, 0.05) is 87.3 Å². The molecule has 0 saturated heterocycles. The molecule has 5 amide bonds. The van der Waals surface area contributed by atoms with E-state index in [1.54, 1.807) is 24.3 Å². The molecule has 0 aromatic heterocycles. The molecule has 103 heavy (non-hydrogen) atoms. The molecule has 2 aliphatic carbocycles. The fourth-order valence-electron chi connectivity index (χ4n) is 11.1. The molecule has 6 rings (SSSR count). The van der Waals surface area contributed by atoms with E-state index < -0.39 is 151 Å². The van der Waals surface area contributed by atoms with Gasteiger partial charge in [0.05, 0.1) is 62.8 Å². The largest absolute Gasteiger partial charge is 0.508 e. The highest BCUT2D eigenvalue weighted by Gasteiger charge is 2.44. The summed E-state index contributed by atoms with van der Waals surface area (Å²) in [7, 11) is -10.4. The van der Waals surface area contributed by atoms with Gasteiger partial charge < -0.3 is 87.4 Å². The smallest absolute Gasteiger partial charge is 0.336 e. The van der Waals surface area contributed by atoms with Crippen LogP contribution in [0.15, 0.2) is 106 Å². The van der Waals surface area contributed by atoms with Crippen LogP contribution in [0.1, 0.15) is 93.5 Å². The fraction of sp³-hybridized carbons (Fsp3) is 0.400. The number of hydrogen-bond acceptors (Lipinski definition) is 23. The maximum absolute atomic E-state index is 13.3. The molecule has 3 aromatic carbocycles. The van der Waals surface area contributed by atoms with E-state index in [2.05, 4.69) is 21.3 Å². The van der Waals surface area contributed by atoms with Gasteiger partial charge in [-0.15, -0.1) is 0 Å². The van der Waals surface area contributed by atoms with Crippen LogP contribution in [0.4, 0.5) is 4.79 Å².